The molecule has 0 aliphatic rings. The van der Waals surface area contributed by atoms with Crippen LogP contribution < -0.4 is 5.73 Å². The third-order valence-electron chi connectivity index (χ3n) is 2.59. The largest absolute Gasteiger partial charge is 0.324 e. The Morgan fingerprint density at radius 3 is 2.31 bits per heavy atom. The molecule has 1 nitrogen and oxygen atoms in total. The normalized spacial score (nSPS) is 12.4. The molecule has 0 aromatic heterocycles. The van der Waals surface area contributed by atoms with Gasteiger partial charge < -0.3 is 5.73 Å². The van der Waals surface area contributed by atoms with Crippen LogP contribution in [-0.2, 0) is 0 Å². The van der Waals surface area contributed by atoms with Gasteiger partial charge in [-0.3, -0.25) is 0 Å². The number of halogens is 1. The predicted molar refractivity (Wildman–Crippen MR) is 64.4 cm³/mol. The van der Waals surface area contributed by atoms with Crippen molar-refractivity contribution in [2.24, 2.45) is 5.73 Å². The van der Waals surface area contributed by atoms with E-state index in [9.17, 15) is 4.39 Å². The van der Waals surface area contributed by atoms with Crippen LogP contribution in [0.25, 0.3) is 11.1 Å². The first-order valence-electron chi connectivity index (χ1n) is 5.28. The molecule has 0 bridgehead atoms. The van der Waals surface area contributed by atoms with Crippen LogP contribution in [0.3, 0.4) is 0 Å². The molecule has 0 fully saturated rings. The van der Waals surface area contributed by atoms with Gasteiger partial charge >= 0.3 is 0 Å². The van der Waals surface area contributed by atoms with E-state index < -0.39 is 0 Å². The average Bonchev–Trinajstić information content (AvgIpc) is 2.30. The van der Waals surface area contributed by atoms with Crippen molar-refractivity contribution < 1.29 is 4.39 Å². The van der Waals surface area contributed by atoms with Gasteiger partial charge in [0.05, 0.1) is 0 Å². The first kappa shape index (κ1) is 10.8. The van der Waals surface area contributed by atoms with E-state index in [0.29, 0.717) is 0 Å². The summed E-state index contributed by atoms with van der Waals surface area (Å²) < 4.78 is 12.8. The summed E-state index contributed by atoms with van der Waals surface area (Å²) in [5.41, 5.74) is 8.98. The highest BCUT2D eigenvalue weighted by molar-refractivity contribution is 5.64. The molecule has 2 aromatic rings. The topological polar surface area (TPSA) is 26.0 Å². The van der Waals surface area contributed by atoms with E-state index in [1.54, 1.807) is 12.1 Å². The second-order valence-electron chi connectivity index (χ2n) is 3.92. The first-order valence-corrected chi connectivity index (χ1v) is 5.28. The van der Waals surface area contributed by atoms with Gasteiger partial charge in [0.2, 0.25) is 0 Å². The van der Waals surface area contributed by atoms with Gasteiger partial charge in [-0.2, -0.15) is 0 Å². The van der Waals surface area contributed by atoms with Gasteiger partial charge in [-0.15, -0.1) is 0 Å². The molecule has 0 heterocycles. The Kier molecular flexibility index (Phi) is 3.02. The number of rotatable bonds is 2. The summed E-state index contributed by atoms with van der Waals surface area (Å²) in [7, 11) is 0. The molecule has 0 saturated heterocycles. The summed E-state index contributed by atoms with van der Waals surface area (Å²) in [4.78, 5) is 0. The van der Waals surface area contributed by atoms with Crippen LogP contribution in [0.5, 0.6) is 0 Å². The highest BCUT2D eigenvalue weighted by atomic mass is 19.1. The van der Waals surface area contributed by atoms with E-state index in [0.717, 1.165) is 16.7 Å². The van der Waals surface area contributed by atoms with Crippen LogP contribution in [0.2, 0.25) is 0 Å². The zero-order valence-electron chi connectivity index (χ0n) is 9.15. The molecule has 0 aliphatic carbocycles. The van der Waals surface area contributed by atoms with E-state index in [4.69, 9.17) is 5.73 Å². The van der Waals surface area contributed by atoms with Gasteiger partial charge in [0, 0.05) is 6.04 Å². The number of hydrogen-bond donors (Lipinski definition) is 1. The van der Waals surface area contributed by atoms with Crippen LogP contribution in [0.1, 0.15) is 18.5 Å². The molecule has 0 aliphatic heterocycles. The van der Waals surface area contributed by atoms with E-state index in [-0.39, 0.29) is 11.9 Å². The van der Waals surface area contributed by atoms with Gasteiger partial charge in [0.25, 0.3) is 0 Å². The fourth-order valence-corrected chi connectivity index (χ4v) is 1.64. The highest BCUT2D eigenvalue weighted by Crippen LogP contribution is 2.22. The third kappa shape index (κ3) is 2.28. The maximum absolute atomic E-state index is 12.8. The number of hydrogen-bond acceptors (Lipinski definition) is 1. The van der Waals surface area contributed by atoms with Gasteiger partial charge in [-0.25, -0.2) is 4.39 Å². The Morgan fingerprint density at radius 2 is 1.69 bits per heavy atom. The van der Waals surface area contributed by atoms with Gasteiger partial charge in [0.1, 0.15) is 5.82 Å². The Bertz CT molecular complexity index is 474. The van der Waals surface area contributed by atoms with Crippen molar-refractivity contribution in [1.29, 1.82) is 0 Å². The Hall–Kier alpha value is -1.67. The molecule has 1 unspecified atom stereocenters. The summed E-state index contributed by atoms with van der Waals surface area (Å²) in [6.45, 7) is 1.95. The first-order chi connectivity index (χ1) is 7.66. The van der Waals surface area contributed by atoms with Crippen LogP contribution in [0, 0.1) is 5.82 Å². The lowest BCUT2D eigenvalue weighted by Gasteiger charge is -2.08. The molecule has 2 aromatic carbocycles. The molecule has 0 saturated carbocycles. The van der Waals surface area contributed by atoms with E-state index in [1.165, 1.54) is 12.1 Å². The van der Waals surface area contributed by atoms with E-state index in [1.807, 2.05) is 31.2 Å². The predicted octanol–water partition coefficient (Wildman–Crippen LogP) is 3.51. The van der Waals surface area contributed by atoms with E-state index >= 15 is 0 Å². The summed E-state index contributed by atoms with van der Waals surface area (Å²) in [5.74, 6) is -0.216. The van der Waals surface area contributed by atoms with Crippen molar-refractivity contribution in [1.82, 2.24) is 0 Å². The maximum atomic E-state index is 12.8. The average molecular weight is 215 g/mol. The van der Waals surface area contributed by atoms with Crippen molar-refractivity contribution in [2.45, 2.75) is 13.0 Å². The molecule has 82 valence electrons. The molecule has 16 heavy (non-hydrogen) atoms. The van der Waals surface area contributed by atoms with Gasteiger partial charge in [-0.1, -0.05) is 30.3 Å². The summed E-state index contributed by atoms with van der Waals surface area (Å²) in [5, 5.41) is 0. The Balaban J connectivity index is 2.40. The molecule has 0 spiro atoms. The lowest BCUT2D eigenvalue weighted by atomic mass is 10.0. The van der Waals surface area contributed by atoms with Crippen LogP contribution in [0.15, 0.2) is 48.5 Å². The van der Waals surface area contributed by atoms with Crippen LogP contribution in [0.4, 0.5) is 4.39 Å². The molecular weight excluding hydrogens is 201 g/mol. The standard InChI is InChI=1S/C14H14FN/c1-10(16)12-3-2-4-13(9-12)11-5-7-14(15)8-6-11/h2-10H,16H2,1H3. The van der Waals surface area contributed by atoms with E-state index in [2.05, 4.69) is 0 Å². The van der Waals surface area contributed by atoms with Gasteiger partial charge in [0.15, 0.2) is 0 Å². The van der Waals surface area contributed by atoms with Crippen molar-refractivity contribution in [3.8, 4) is 11.1 Å². The number of nitrogens with two attached hydrogens (primary N) is 1. The van der Waals surface area contributed by atoms with Crippen LogP contribution >= 0.6 is 0 Å². The minimum atomic E-state index is -0.216. The highest BCUT2D eigenvalue weighted by Gasteiger charge is 2.02. The second kappa shape index (κ2) is 4.45. The van der Waals surface area contributed by atoms with Crippen molar-refractivity contribution in [3.05, 3.63) is 59.9 Å². The molecule has 0 radical (unpaired) electrons. The van der Waals surface area contributed by atoms with Gasteiger partial charge in [-0.05, 0) is 41.8 Å². The zero-order valence-corrected chi connectivity index (χ0v) is 9.15. The summed E-state index contributed by atoms with van der Waals surface area (Å²) in [6.07, 6.45) is 0. The minimum Gasteiger partial charge on any atom is -0.324 e. The van der Waals surface area contributed by atoms with Crippen LogP contribution in [-0.4, -0.2) is 0 Å². The Labute approximate surface area is 94.7 Å². The maximum Gasteiger partial charge on any atom is 0.123 e. The molecule has 2 rings (SSSR count). The molecule has 2 heteroatoms. The van der Waals surface area contributed by atoms with Crippen molar-refractivity contribution >= 4 is 0 Å². The Morgan fingerprint density at radius 1 is 1.00 bits per heavy atom. The zero-order chi connectivity index (χ0) is 11.5. The second-order valence-corrected chi connectivity index (χ2v) is 3.92. The summed E-state index contributed by atoms with van der Waals surface area (Å²) >= 11 is 0. The SMILES string of the molecule is CC(N)c1cccc(-c2ccc(F)cc2)c1. The smallest absolute Gasteiger partial charge is 0.123 e. The lowest BCUT2D eigenvalue weighted by Crippen LogP contribution is -2.04. The molecule has 1 atom stereocenters. The lowest BCUT2D eigenvalue weighted by molar-refractivity contribution is 0.628. The fourth-order valence-electron chi connectivity index (χ4n) is 1.64. The van der Waals surface area contributed by atoms with Crippen molar-refractivity contribution in [3.63, 3.8) is 0 Å². The minimum absolute atomic E-state index is 0.0143. The van der Waals surface area contributed by atoms with Crippen molar-refractivity contribution in [2.75, 3.05) is 0 Å². The third-order valence-corrected chi connectivity index (χ3v) is 2.59. The number of benzene rings is 2. The summed E-state index contributed by atoms with van der Waals surface area (Å²) in [6, 6.07) is 14.5. The quantitative estimate of drug-likeness (QED) is 0.815. The molecular formula is C14H14FN. The monoisotopic (exact) mass is 215 g/mol. The molecule has 2 N–H and O–H groups in total. The molecule has 0 amide bonds. The fraction of sp³-hybridized carbons (Fsp3) is 0.143.